The molecule has 4 nitrogen and oxygen atoms in total. The van der Waals surface area contributed by atoms with Crippen LogP contribution in [-0.4, -0.2) is 21.9 Å². The zero-order chi connectivity index (χ0) is 20.8. The molecular weight excluding hydrogens is 391 g/mol. The lowest BCUT2D eigenvalue weighted by atomic mass is 10.0. The molecule has 2 aromatic heterocycles. The van der Waals surface area contributed by atoms with Crippen LogP contribution >= 0.6 is 0 Å². The van der Waals surface area contributed by atoms with Crippen LogP contribution in [0.15, 0.2) is 54.6 Å². The Morgan fingerprint density at radius 2 is 1.73 bits per heavy atom. The van der Waals surface area contributed by atoms with Gasteiger partial charge in [-0.3, -0.25) is 0 Å². The summed E-state index contributed by atoms with van der Waals surface area (Å²) in [7, 11) is 1.58. The molecule has 0 spiro atoms. The predicted molar refractivity (Wildman–Crippen MR) is 108 cm³/mol. The van der Waals surface area contributed by atoms with Crippen LogP contribution in [0.3, 0.4) is 0 Å². The average Bonchev–Trinajstić information content (AvgIpc) is 3.54. The van der Waals surface area contributed by atoms with E-state index in [2.05, 4.69) is 10.1 Å². The second-order valence-corrected chi connectivity index (χ2v) is 7.37. The summed E-state index contributed by atoms with van der Waals surface area (Å²) in [4.78, 5) is 4.68. The minimum Gasteiger partial charge on any atom is -0.497 e. The van der Waals surface area contributed by atoms with E-state index in [-0.39, 0.29) is 11.5 Å². The van der Waals surface area contributed by atoms with Crippen molar-refractivity contribution in [3.8, 4) is 22.7 Å². The van der Waals surface area contributed by atoms with Crippen molar-refractivity contribution in [1.29, 1.82) is 0 Å². The third-order valence-corrected chi connectivity index (χ3v) is 5.35. The fraction of sp³-hybridized carbons (Fsp3) is 0.217. The quantitative estimate of drug-likeness (QED) is 0.403. The first-order valence-electron chi connectivity index (χ1n) is 9.67. The van der Waals surface area contributed by atoms with Crippen LogP contribution in [-0.2, 0) is 0 Å². The number of nitrogens with zero attached hydrogens (tertiary/aromatic N) is 3. The van der Waals surface area contributed by atoms with Gasteiger partial charge < -0.3 is 4.74 Å². The molecule has 0 saturated heterocycles. The number of rotatable bonds is 5. The van der Waals surface area contributed by atoms with Crippen LogP contribution in [0.4, 0.5) is 13.2 Å². The Bertz CT molecular complexity index is 1210. The number of aromatic nitrogens is 3. The zero-order valence-corrected chi connectivity index (χ0v) is 16.1. The Morgan fingerprint density at radius 3 is 2.33 bits per heavy atom. The van der Waals surface area contributed by atoms with Crippen molar-refractivity contribution in [3.63, 3.8) is 0 Å². The smallest absolute Gasteiger partial charge is 0.264 e. The van der Waals surface area contributed by atoms with Gasteiger partial charge in [0.05, 0.1) is 29.6 Å². The summed E-state index contributed by atoms with van der Waals surface area (Å²) in [6, 6.07) is 14.3. The van der Waals surface area contributed by atoms with E-state index in [4.69, 9.17) is 4.74 Å². The molecule has 5 rings (SSSR count). The van der Waals surface area contributed by atoms with Gasteiger partial charge in [-0.05, 0) is 67.4 Å². The number of hydrogen-bond acceptors (Lipinski definition) is 3. The van der Waals surface area contributed by atoms with E-state index < -0.39 is 12.2 Å². The molecule has 0 unspecified atom stereocenters. The van der Waals surface area contributed by atoms with Crippen LogP contribution in [0.1, 0.15) is 36.4 Å². The summed E-state index contributed by atoms with van der Waals surface area (Å²) in [6.45, 7) is 0. The molecule has 2 aromatic carbocycles. The van der Waals surface area contributed by atoms with E-state index in [1.54, 1.807) is 23.9 Å². The molecule has 30 heavy (non-hydrogen) atoms. The summed E-state index contributed by atoms with van der Waals surface area (Å²) >= 11 is 0. The number of halogens is 3. The third kappa shape index (κ3) is 3.20. The monoisotopic (exact) mass is 409 g/mol. The molecule has 1 aliphatic carbocycles. The van der Waals surface area contributed by atoms with Crippen molar-refractivity contribution in [3.05, 3.63) is 71.7 Å². The van der Waals surface area contributed by atoms with Crippen molar-refractivity contribution in [2.24, 2.45) is 0 Å². The zero-order valence-electron chi connectivity index (χ0n) is 16.1. The Balaban J connectivity index is 1.78. The molecule has 4 aromatic rings. The van der Waals surface area contributed by atoms with Crippen molar-refractivity contribution in [1.82, 2.24) is 14.8 Å². The fourth-order valence-electron chi connectivity index (χ4n) is 3.66. The van der Waals surface area contributed by atoms with Crippen LogP contribution in [0.5, 0.6) is 5.75 Å². The number of fused-ring (bicyclic) bond motifs is 1. The molecule has 1 aliphatic rings. The Labute approximate surface area is 170 Å². The second-order valence-electron chi connectivity index (χ2n) is 7.37. The SMILES string of the molecule is COc1ccc(-n2nc(C3CC3)c3c(C(F)F)cc(-c4ccc(F)cc4)nc32)cc1. The molecule has 152 valence electrons. The van der Waals surface area contributed by atoms with E-state index in [0.29, 0.717) is 39.4 Å². The lowest BCUT2D eigenvalue weighted by Crippen LogP contribution is -2.00. The van der Waals surface area contributed by atoms with Crippen molar-refractivity contribution in [2.75, 3.05) is 7.11 Å². The molecule has 0 amide bonds. The van der Waals surface area contributed by atoms with Crippen LogP contribution in [0.2, 0.25) is 0 Å². The maximum Gasteiger partial charge on any atom is 0.264 e. The van der Waals surface area contributed by atoms with E-state index in [1.807, 2.05) is 12.1 Å². The molecule has 0 aliphatic heterocycles. The summed E-state index contributed by atoms with van der Waals surface area (Å²) in [5.74, 6) is 0.460. The number of hydrogen-bond donors (Lipinski definition) is 0. The predicted octanol–water partition coefficient (Wildman–Crippen LogP) is 6.05. The standard InChI is InChI=1S/C23H18F3N3O/c1-30-17-10-8-16(9-11-17)29-23-20(21(28-29)14-2-3-14)18(22(25)26)12-19(27-23)13-4-6-15(24)7-5-13/h4-12,14,22H,2-3H2,1H3. The van der Waals surface area contributed by atoms with E-state index in [0.717, 1.165) is 12.8 Å². The molecule has 0 atom stereocenters. The minimum absolute atomic E-state index is 0.0963. The third-order valence-electron chi connectivity index (χ3n) is 5.35. The molecule has 1 fully saturated rings. The van der Waals surface area contributed by atoms with Crippen molar-refractivity contribution in [2.45, 2.75) is 25.2 Å². The minimum atomic E-state index is -2.68. The van der Waals surface area contributed by atoms with Crippen molar-refractivity contribution < 1.29 is 17.9 Å². The van der Waals surface area contributed by atoms with Gasteiger partial charge in [0.15, 0.2) is 5.65 Å². The number of benzene rings is 2. The highest BCUT2D eigenvalue weighted by Gasteiger charge is 2.33. The Morgan fingerprint density at radius 1 is 1.03 bits per heavy atom. The average molecular weight is 409 g/mol. The van der Waals surface area contributed by atoms with Gasteiger partial charge in [-0.2, -0.15) is 5.10 Å². The number of methoxy groups -OCH3 is 1. The van der Waals surface area contributed by atoms with Gasteiger partial charge in [0.25, 0.3) is 6.43 Å². The largest absolute Gasteiger partial charge is 0.497 e. The van der Waals surface area contributed by atoms with Crippen LogP contribution < -0.4 is 4.74 Å². The van der Waals surface area contributed by atoms with Gasteiger partial charge in [0.1, 0.15) is 11.6 Å². The first-order valence-corrected chi connectivity index (χ1v) is 9.67. The molecule has 0 N–H and O–H groups in total. The lowest BCUT2D eigenvalue weighted by molar-refractivity contribution is 0.153. The van der Waals surface area contributed by atoms with Gasteiger partial charge in [-0.25, -0.2) is 22.8 Å². The highest BCUT2D eigenvalue weighted by Crippen LogP contribution is 2.45. The highest BCUT2D eigenvalue weighted by molar-refractivity contribution is 5.87. The summed E-state index contributed by atoms with van der Waals surface area (Å²) in [6.07, 6.45) is -0.825. The molecule has 0 radical (unpaired) electrons. The topological polar surface area (TPSA) is 39.9 Å². The normalized spacial score (nSPS) is 13.9. The molecule has 7 heteroatoms. The van der Waals surface area contributed by atoms with Crippen LogP contribution in [0, 0.1) is 5.82 Å². The van der Waals surface area contributed by atoms with E-state index in [1.165, 1.54) is 30.3 Å². The molecule has 1 saturated carbocycles. The molecular formula is C23H18F3N3O. The number of alkyl halides is 2. The Hall–Kier alpha value is -3.35. The van der Waals surface area contributed by atoms with Gasteiger partial charge in [0.2, 0.25) is 0 Å². The van der Waals surface area contributed by atoms with E-state index in [9.17, 15) is 13.2 Å². The van der Waals surface area contributed by atoms with Gasteiger partial charge in [0, 0.05) is 17.0 Å². The summed E-state index contributed by atoms with van der Waals surface area (Å²) in [5, 5.41) is 5.10. The van der Waals surface area contributed by atoms with Crippen LogP contribution in [0.25, 0.3) is 28.0 Å². The number of pyridine rings is 1. The Kier molecular flexibility index (Phi) is 4.46. The number of ether oxygens (including phenoxy) is 1. The molecule has 0 bridgehead atoms. The van der Waals surface area contributed by atoms with Gasteiger partial charge in [-0.15, -0.1) is 0 Å². The molecule has 2 heterocycles. The summed E-state index contributed by atoms with van der Waals surface area (Å²) < 4.78 is 48.3. The second kappa shape index (κ2) is 7.16. The maximum atomic E-state index is 14.1. The lowest BCUT2D eigenvalue weighted by Gasteiger charge is -2.09. The highest BCUT2D eigenvalue weighted by atomic mass is 19.3. The van der Waals surface area contributed by atoms with Gasteiger partial charge in [-0.1, -0.05) is 0 Å². The first-order chi connectivity index (χ1) is 14.5. The van der Waals surface area contributed by atoms with Crippen molar-refractivity contribution >= 4 is 11.0 Å². The van der Waals surface area contributed by atoms with Gasteiger partial charge >= 0.3 is 0 Å². The van der Waals surface area contributed by atoms with E-state index >= 15 is 0 Å². The summed E-state index contributed by atoms with van der Waals surface area (Å²) in [5.41, 5.74) is 2.57. The maximum absolute atomic E-state index is 14.1. The first kappa shape index (κ1) is 18.7. The fourth-order valence-corrected chi connectivity index (χ4v) is 3.66.